The average molecular weight is 462 g/mol. The van der Waals surface area contributed by atoms with Crippen LogP contribution in [0.3, 0.4) is 0 Å². The molecule has 2 heterocycles. The lowest BCUT2D eigenvalue weighted by molar-refractivity contribution is 0.0952. The molecule has 0 bridgehead atoms. The number of hydrogen-bond donors (Lipinski definition) is 2. The highest BCUT2D eigenvalue weighted by Crippen LogP contribution is 2.31. The van der Waals surface area contributed by atoms with Crippen LogP contribution in [0.1, 0.15) is 41.9 Å². The smallest absolute Gasteiger partial charge is 0.254 e. The van der Waals surface area contributed by atoms with Gasteiger partial charge >= 0.3 is 0 Å². The molecule has 4 rings (SSSR count). The standard InChI is InChI=1S/C26H28ClN5O/c1-17(2)13-14-28-26(33)22-16-30-25-23(18(3)31-32(25)21-7-5-4-6-8-21)24(22)29-15-19-9-11-20(27)12-10-19/h4-12,16-17H,13-15H2,1-3H3,(H,28,33)(H,29,30). The number of amides is 1. The van der Waals surface area contributed by atoms with Crippen LogP contribution < -0.4 is 10.6 Å². The van der Waals surface area contributed by atoms with Crippen LogP contribution in [0.4, 0.5) is 5.69 Å². The second kappa shape index (κ2) is 10.0. The van der Waals surface area contributed by atoms with Crippen molar-refractivity contribution < 1.29 is 4.79 Å². The first kappa shape index (κ1) is 22.8. The minimum atomic E-state index is -0.143. The highest BCUT2D eigenvalue weighted by atomic mass is 35.5. The quantitative estimate of drug-likeness (QED) is 0.349. The van der Waals surface area contributed by atoms with Gasteiger partial charge in [-0.25, -0.2) is 9.67 Å². The monoisotopic (exact) mass is 461 g/mol. The van der Waals surface area contributed by atoms with Gasteiger partial charge in [0.05, 0.1) is 28.0 Å². The number of carbonyl (C=O) groups is 1. The largest absolute Gasteiger partial charge is 0.380 e. The maximum atomic E-state index is 13.1. The summed E-state index contributed by atoms with van der Waals surface area (Å²) in [6.45, 7) is 7.38. The van der Waals surface area contributed by atoms with E-state index in [2.05, 4.69) is 29.5 Å². The third-order valence-corrected chi connectivity index (χ3v) is 5.76. The molecule has 0 radical (unpaired) electrons. The number of halogens is 1. The second-order valence-electron chi connectivity index (χ2n) is 8.50. The van der Waals surface area contributed by atoms with E-state index in [1.54, 1.807) is 6.20 Å². The van der Waals surface area contributed by atoms with E-state index in [0.29, 0.717) is 35.2 Å². The van der Waals surface area contributed by atoms with E-state index < -0.39 is 0 Å². The van der Waals surface area contributed by atoms with Crippen LogP contribution in [0.2, 0.25) is 5.02 Å². The van der Waals surface area contributed by atoms with Gasteiger partial charge in [-0.3, -0.25) is 4.79 Å². The summed E-state index contributed by atoms with van der Waals surface area (Å²) in [5.74, 6) is 0.371. The molecule has 6 nitrogen and oxygen atoms in total. The summed E-state index contributed by atoms with van der Waals surface area (Å²) in [5.41, 5.74) is 4.73. The predicted molar refractivity (Wildman–Crippen MR) is 134 cm³/mol. The molecule has 1 amide bonds. The van der Waals surface area contributed by atoms with Gasteiger partial charge in [-0.1, -0.05) is 55.8 Å². The number of anilines is 1. The molecular formula is C26H28ClN5O. The van der Waals surface area contributed by atoms with Crippen molar-refractivity contribution in [1.29, 1.82) is 0 Å². The molecule has 0 atom stereocenters. The van der Waals surface area contributed by atoms with E-state index >= 15 is 0 Å². The van der Waals surface area contributed by atoms with E-state index in [-0.39, 0.29) is 5.91 Å². The van der Waals surface area contributed by atoms with E-state index in [0.717, 1.165) is 34.4 Å². The van der Waals surface area contributed by atoms with Crippen LogP contribution in [0.15, 0.2) is 60.8 Å². The Morgan fingerprint density at radius 2 is 1.82 bits per heavy atom. The molecule has 4 aromatic rings. The number of rotatable bonds is 8. The topological polar surface area (TPSA) is 71.8 Å². The Bertz CT molecular complexity index is 1250. The first-order valence-electron chi connectivity index (χ1n) is 11.1. The number of fused-ring (bicyclic) bond motifs is 1. The van der Waals surface area contributed by atoms with Gasteiger partial charge in [-0.15, -0.1) is 0 Å². The van der Waals surface area contributed by atoms with Crippen molar-refractivity contribution in [3.63, 3.8) is 0 Å². The number of benzene rings is 2. The van der Waals surface area contributed by atoms with Crippen LogP contribution in [0.5, 0.6) is 0 Å². The van der Waals surface area contributed by atoms with Crippen molar-refractivity contribution >= 4 is 34.2 Å². The summed E-state index contributed by atoms with van der Waals surface area (Å²) in [7, 11) is 0. The number of aryl methyl sites for hydroxylation is 1. The van der Waals surface area contributed by atoms with Crippen molar-refractivity contribution in [2.75, 3.05) is 11.9 Å². The zero-order valence-electron chi connectivity index (χ0n) is 19.1. The molecule has 0 aliphatic heterocycles. The van der Waals surface area contributed by atoms with E-state index in [4.69, 9.17) is 16.7 Å². The fraction of sp³-hybridized carbons (Fsp3) is 0.269. The van der Waals surface area contributed by atoms with Crippen LogP contribution in [0.25, 0.3) is 16.7 Å². The van der Waals surface area contributed by atoms with Gasteiger partial charge < -0.3 is 10.6 Å². The molecule has 0 aliphatic carbocycles. The third kappa shape index (κ3) is 5.17. The molecule has 0 aliphatic rings. The fourth-order valence-corrected chi connectivity index (χ4v) is 3.85. The van der Waals surface area contributed by atoms with Gasteiger partial charge in [0.1, 0.15) is 0 Å². The molecule has 0 spiro atoms. The molecule has 170 valence electrons. The maximum absolute atomic E-state index is 13.1. The summed E-state index contributed by atoms with van der Waals surface area (Å²) in [5, 5.41) is 12.8. The predicted octanol–water partition coefficient (Wildman–Crippen LogP) is 5.77. The maximum Gasteiger partial charge on any atom is 0.254 e. The van der Waals surface area contributed by atoms with Crippen LogP contribution >= 0.6 is 11.6 Å². The SMILES string of the molecule is Cc1nn(-c2ccccc2)c2ncc(C(=O)NCCC(C)C)c(NCc3ccc(Cl)cc3)c12. The lowest BCUT2D eigenvalue weighted by Gasteiger charge is -2.15. The summed E-state index contributed by atoms with van der Waals surface area (Å²) >= 11 is 6.03. The average Bonchev–Trinajstić information content (AvgIpc) is 3.15. The number of pyridine rings is 1. The Morgan fingerprint density at radius 3 is 2.52 bits per heavy atom. The summed E-state index contributed by atoms with van der Waals surface area (Å²) in [6, 6.07) is 17.5. The van der Waals surface area contributed by atoms with Crippen LogP contribution in [-0.2, 0) is 6.54 Å². The van der Waals surface area contributed by atoms with E-state index in [1.807, 2.05) is 66.2 Å². The molecule has 0 fully saturated rings. The molecule has 33 heavy (non-hydrogen) atoms. The number of aromatic nitrogens is 3. The molecule has 2 N–H and O–H groups in total. The summed E-state index contributed by atoms with van der Waals surface area (Å²) < 4.78 is 1.82. The minimum Gasteiger partial charge on any atom is -0.380 e. The molecule has 2 aromatic carbocycles. The fourth-order valence-electron chi connectivity index (χ4n) is 3.72. The van der Waals surface area contributed by atoms with Crippen LogP contribution in [0, 0.1) is 12.8 Å². The molecule has 0 saturated heterocycles. The van der Waals surface area contributed by atoms with E-state index in [1.165, 1.54) is 0 Å². The lowest BCUT2D eigenvalue weighted by Crippen LogP contribution is -2.26. The van der Waals surface area contributed by atoms with Gasteiger partial charge in [0.15, 0.2) is 5.65 Å². The van der Waals surface area contributed by atoms with Crippen molar-refractivity contribution in [2.45, 2.75) is 33.7 Å². The molecule has 0 saturated carbocycles. The second-order valence-corrected chi connectivity index (χ2v) is 8.93. The zero-order valence-corrected chi connectivity index (χ0v) is 19.9. The summed E-state index contributed by atoms with van der Waals surface area (Å²) in [6.07, 6.45) is 2.55. The number of nitrogens with one attached hydrogen (secondary N) is 2. The van der Waals surface area contributed by atoms with Crippen molar-refractivity contribution in [3.8, 4) is 5.69 Å². The minimum absolute atomic E-state index is 0.143. The molecule has 0 unspecified atom stereocenters. The first-order chi connectivity index (χ1) is 15.9. The normalized spacial score (nSPS) is 11.2. The summed E-state index contributed by atoms with van der Waals surface area (Å²) in [4.78, 5) is 17.8. The number of hydrogen-bond acceptors (Lipinski definition) is 4. The molecule has 2 aromatic heterocycles. The molecular weight excluding hydrogens is 434 g/mol. The highest BCUT2D eigenvalue weighted by molar-refractivity contribution is 6.30. The van der Waals surface area contributed by atoms with Gasteiger partial charge in [0.25, 0.3) is 5.91 Å². The highest BCUT2D eigenvalue weighted by Gasteiger charge is 2.21. The van der Waals surface area contributed by atoms with Crippen molar-refractivity contribution in [1.82, 2.24) is 20.1 Å². The van der Waals surface area contributed by atoms with Crippen LogP contribution in [-0.4, -0.2) is 27.2 Å². The van der Waals surface area contributed by atoms with Gasteiger partial charge in [-0.2, -0.15) is 5.10 Å². The zero-order chi connectivity index (χ0) is 23.4. The lowest BCUT2D eigenvalue weighted by atomic mass is 10.1. The number of para-hydroxylation sites is 1. The first-order valence-corrected chi connectivity index (χ1v) is 11.5. The Labute approximate surface area is 199 Å². The Morgan fingerprint density at radius 1 is 1.09 bits per heavy atom. The number of carbonyl (C=O) groups excluding carboxylic acids is 1. The number of nitrogens with zero attached hydrogens (tertiary/aromatic N) is 3. The van der Waals surface area contributed by atoms with E-state index in [9.17, 15) is 4.79 Å². The van der Waals surface area contributed by atoms with Crippen molar-refractivity contribution in [2.24, 2.45) is 5.92 Å². The van der Waals surface area contributed by atoms with Gasteiger partial charge in [-0.05, 0) is 49.1 Å². The Hall–Kier alpha value is -3.38. The Kier molecular flexibility index (Phi) is 6.94. The van der Waals surface area contributed by atoms with Gasteiger partial charge in [0.2, 0.25) is 0 Å². The Balaban J connectivity index is 1.75. The van der Waals surface area contributed by atoms with Crippen molar-refractivity contribution in [3.05, 3.63) is 82.6 Å². The van der Waals surface area contributed by atoms with Gasteiger partial charge in [0, 0.05) is 24.3 Å². The molecule has 7 heteroatoms. The third-order valence-electron chi connectivity index (χ3n) is 5.51.